The van der Waals surface area contributed by atoms with E-state index < -0.39 is 0 Å². The summed E-state index contributed by atoms with van der Waals surface area (Å²) in [5, 5.41) is 0. The minimum atomic E-state index is -0.339. The van der Waals surface area contributed by atoms with Crippen LogP contribution in [0.3, 0.4) is 0 Å². The van der Waals surface area contributed by atoms with Crippen LogP contribution in [0.1, 0.15) is 43.0 Å². The highest BCUT2D eigenvalue weighted by atomic mass is 16.5. The predicted molar refractivity (Wildman–Crippen MR) is 157 cm³/mol. The van der Waals surface area contributed by atoms with Crippen molar-refractivity contribution >= 4 is 22.8 Å². The average molecular weight is 540 g/mol. The number of aromatic nitrogens is 2. The second kappa shape index (κ2) is 12.3. The molecule has 0 saturated carbocycles. The van der Waals surface area contributed by atoms with E-state index in [-0.39, 0.29) is 30.2 Å². The van der Waals surface area contributed by atoms with Gasteiger partial charge < -0.3 is 25.7 Å². The van der Waals surface area contributed by atoms with Gasteiger partial charge in [-0.3, -0.25) is 9.59 Å². The zero-order valence-corrected chi connectivity index (χ0v) is 23.0. The molecule has 0 aliphatic carbocycles. The summed E-state index contributed by atoms with van der Waals surface area (Å²) >= 11 is 0. The molecule has 2 atom stereocenters. The van der Waals surface area contributed by atoms with Crippen molar-refractivity contribution in [2.75, 3.05) is 20.2 Å². The molecule has 8 nitrogen and oxygen atoms in total. The fourth-order valence-electron chi connectivity index (χ4n) is 5.62. The number of fused-ring (bicyclic) bond motifs is 1. The minimum absolute atomic E-state index is 0.0758. The number of amides is 2. The summed E-state index contributed by atoms with van der Waals surface area (Å²) in [6.07, 6.45) is 3.02. The number of nitrogens with two attached hydrogens (primary N) is 2. The van der Waals surface area contributed by atoms with Crippen LogP contribution >= 0.6 is 0 Å². The van der Waals surface area contributed by atoms with Gasteiger partial charge in [-0.05, 0) is 60.2 Å². The van der Waals surface area contributed by atoms with Crippen molar-refractivity contribution in [3.05, 3.63) is 84.2 Å². The first kappa shape index (κ1) is 27.4. The molecule has 4 aromatic rings. The van der Waals surface area contributed by atoms with Gasteiger partial charge in [-0.25, -0.2) is 4.98 Å². The van der Waals surface area contributed by atoms with Crippen LogP contribution in [-0.4, -0.2) is 52.5 Å². The SMILES string of the molecule is COc1ccc(-c2ccc(CC(N)CC(=O)N3CCCC(c4nc5ccccc5n4CCC(N)=O)C3)cc2)cc1. The van der Waals surface area contributed by atoms with Gasteiger partial charge in [0.2, 0.25) is 11.8 Å². The summed E-state index contributed by atoms with van der Waals surface area (Å²) in [4.78, 5) is 31.6. The molecule has 1 fully saturated rings. The maximum absolute atomic E-state index is 13.3. The van der Waals surface area contributed by atoms with Crippen LogP contribution in [-0.2, 0) is 22.6 Å². The van der Waals surface area contributed by atoms with Gasteiger partial charge in [-0.15, -0.1) is 0 Å². The second-order valence-electron chi connectivity index (χ2n) is 10.6. The maximum Gasteiger partial charge on any atom is 0.224 e. The fourth-order valence-corrected chi connectivity index (χ4v) is 5.62. The zero-order valence-electron chi connectivity index (χ0n) is 23.0. The normalized spacial score (nSPS) is 16.1. The lowest BCUT2D eigenvalue weighted by atomic mass is 9.95. The first-order valence-corrected chi connectivity index (χ1v) is 13.9. The number of rotatable bonds is 10. The van der Waals surface area contributed by atoms with Gasteiger partial charge >= 0.3 is 0 Å². The minimum Gasteiger partial charge on any atom is -0.497 e. The Hall–Kier alpha value is -4.17. The molecule has 208 valence electrons. The molecule has 0 radical (unpaired) electrons. The lowest BCUT2D eigenvalue weighted by molar-refractivity contribution is -0.132. The van der Waals surface area contributed by atoms with E-state index >= 15 is 0 Å². The van der Waals surface area contributed by atoms with Crippen LogP contribution in [0.5, 0.6) is 5.75 Å². The number of nitrogens with zero attached hydrogens (tertiary/aromatic N) is 3. The molecule has 0 bridgehead atoms. The summed E-state index contributed by atoms with van der Waals surface area (Å²) in [5.41, 5.74) is 17.1. The van der Waals surface area contributed by atoms with Crippen molar-refractivity contribution in [3.63, 3.8) is 0 Å². The molecule has 40 heavy (non-hydrogen) atoms. The highest BCUT2D eigenvalue weighted by molar-refractivity contribution is 5.78. The molecule has 2 unspecified atom stereocenters. The van der Waals surface area contributed by atoms with E-state index in [1.165, 1.54) is 0 Å². The number of methoxy groups -OCH3 is 1. The van der Waals surface area contributed by atoms with Crippen molar-refractivity contribution in [1.29, 1.82) is 0 Å². The second-order valence-corrected chi connectivity index (χ2v) is 10.6. The Morgan fingerprint density at radius 2 is 1.73 bits per heavy atom. The van der Waals surface area contributed by atoms with E-state index in [4.69, 9.17) is 21.2 Å². The zero-order chi connectivity index (χ0) is 28.1. The van der Waals surface area contributed by atoms with Gasteiger partial charge in [-0.2, -0.15) is 0 Å². The highest BCUT2D eigenvalue weighted by Gasteiger charge is 2.29. The number of imidazole rings is 1. The molecule has 2 heterocycles. The number of likely N-dealkylation sites (tertiary alicyclic amines) is 1. The Bertz CT molecular complexity index is 1460. The van der Waals surface area contributed by atoms with Crippen molar-refractivity contribution in [2.24, 2.45) is 11.5 Å². The summed E-state index contributed by atoms with van der Waals surface area (Å²) in [7, 11) is 1.66. The van der Waals surface area contributed by atoms with E-state index in [2.05, 4.69) is 28.8 Å². The number of hydrogen-bond donors (Lipinski definition) is 2. The van der Waals surface area contributed by atoms with Crippen molar-refractivity contribution < 1.29 is 14.3 Å². The topological polar surface area (TPSA) is 116 Å². The molecule has 4 N–H and O–H groups in total. The predicted octanol–water partition coefficient (Wildman–Crippen LogP) is 4.25. The van der Waals surface area contributed by atoms with Crippen LogP contribution in [0.25, 0.3) is 22.2 Å². The first-order chi connectivity index (χ1) is 19.4. The van der Waals surface area contributed by atoms with E-state index in [9.17, 15) is 9.59 Å². The smallest absolute Gasteiger partial charge is 0.224 e. The molecule has 8 heteroatoms. The number of para-hydroxylation sites is 2. The van der Waals surface area contributed by atoms with Crippen LogP contribution in [0.4, 0.5) is 0 Å². The Morgan fingerprint density at radius 3 is 2.42 bits per heavy atom. The summed E-state index contributed by atoms with van der Waals surface area (Å²) in [6, 6.07) is 24.0. The lowest BCUT2D eigenvalue weighted by Gasteiger charge is -2.33. The van der Waals surface area contributed by atoms with Gasteiger partial charge in [0.15, 0.2) is 0 Å². The summed E-state index contributed by atoms with van der Waals surface area (Å²) in [6.45, 7) is 1.81. The third kappa shape index (κ3) is 6.34. The molecular weight excluding hydrogens is 502 g/mol. The third-order valence-corrected chi connectivity index (χ3v) is 7.72. The summed E-state index contributed by atoms with van der Waals surface area (Å²) in [5.74, 6) is 1.58. The lowest BCUT2D eigenvalue weighted by Crippen LogP contribution is -2.42. The molecule has 1 aliphatic rings. The molecule has 1 saturated heterocycles. The number of benzene rings is 3. The van der Waals surface area contributed by atoms with Gasteiger partial charge in [0.05, 0.1) is 18.1 Å². The number of carbonyl (C=O) groups excluding carboxylic acids is 2. The quantitative estimate of drug-likeness (QED) is 0.312. The van der Waals surface area contributed by atoms with Crippen molar-refractivity contribution in [1.82, 2.24) is 14.5 Å². The van der Waals surface area contributed by atoms with E-state index in [0.29, 0.717) is 25.9 Å². The van der Waals surface area contributed by atoms with Crippen LogP contribution < -0.4 is 16.2 Å². The largest absolute Gasteiger partial charge is 0.497 e. The van der Waals surface area contributed by atoms with Crippen molar-refractivity contribution in [3.8, 4) is 16.9 Å². The molecule has 2 amide bonds. The molecular formula is C32H37N5O3. The van der Waals surface area contributed by atoms with E-state index in [1.54, 1.807) is 7.11 Å². The number of carbonyl (C=O) groups is 2. The van der Waals surface area contributed by atoms with Gasteiger partial charge in [0.25, 0.3) is 0 Å². The number of ether oxygens (including phenoxy) is 1. The Balaban J connectivity index is 1.21. The van der Waals surface area contributed by atoms with Gasteiger partial charge in [0.1, 0.15) is 11.6 Å². The number of hydrogen-bond acceptors (Lipinski definition) is 5. The molecule has 0 spiro atoms. The average Bonchev–Trinajstić information content (AvgIpc) is 3.35. The standard InChI is InChI=1S/C32H37N5O3/c1-40-27-14-12-24(13-15-27)23-10-8-22(9-11-23)19-26(33)20-31(39)36-17-4-5-25(21-36)32-35-28-6-2-3-7-29(28)37(32)18-16-30(34)38/h2-3,6-15,25-26H,4-5,16-21,33H2,1H3,(H2,34,38). The maximum atomic E-state index is 13.3. The van der Waals surface area contributed by atoms with Crippen LogP contribution in [0.2, 0.25) is 0 Å². The van der Waals surface area contributed by atoms with E-state index in [1.807, 2.05) is 53.4 Å². The molecule has 5 rings (SSSR count). The van der Waals surface area contributed by atoms with Crippen molar-refractivity contribution in [2.45, 2.75) is 50.6 Å². The summed E-state index contributed by atoms with van der Waals surface area (Å²) < 4.78 is 7.34. The number of primary amides is 1. The van der Waals surface area contributed by atoms with Crippen LogP contribution in [0.15, 0.2) is 72.8 Å². The number of piperidine rings is 1. The van der Waals surface area contributed by atoms with Gasteiger partial charge in [-0.1, -0.05) is 48.5 Å². The molecule has 1 aromatic heterocycles. The Labute approximate surface area is 234 Å². The van der Waals surface area contributed by atoms with E-state index in [0.717, 1.165) is 58.7 Å². The Kier molecular flexibility index (Phi) is 8.45. The fraction of sp³-hybridized carbons (Fsp3) is 0.344. The monoisotopic (exact) mass is 539 g/mol. The Morgan fingerprint density at radius 1 is 1.02 bits per heavy atom. The molecule has 3 aromatic carbocycles. The molecule has 1 aliphatic heterocycles. The van der Waals surface area contributed by atoms with Crippen LogP contribution in [0, 0.1) is 0 Å². The highest BCUT2D eigenvalue weighted by Crippen LogP contribution is 2.30. The van der Waals surface area contributed by atoms with Gasteiger partial charge in [0, 0.05) is 44.4 Å². The first-order valence-electron chi connectivity index (χ1n) is 13.9. The number of aryl methyl sites for hydroxylation is 1. The third-order valence-electron chi connectivity index (χ3n) is 7.72.